The van der Waals surface area contributed by atoms with Crippen LogP contribution in [-0.2, 0) is 5.60 Å². The molecule has 3 nitrogen and oxygen atoms in total. The normalized spacial score (nSPS) is 21.1. The van der Waals surface area contributed by atoms with Crippen molar-refractivity contribution >= 4 is 22.8 Å². The molecule has 0 saturated heterocycles. The summed E-state index contributed by atoms with van der Waals surface area (Å²) in [5.41, 5.74) is -0.0904. The maximum atomic E-state index is 10.5. The molecular weight excluding hydrogens is 274 g/mol. The molecule has 0 radical (unpaired) electrons. The van der Waals surface area contributed by atoms with E-state index < -0.39 is 5.60 Å². The Kier molecular flexibility index (Phi) is 2.99. The first-order chi connectivity index (χ1) is 9.69. The summed E-state index contributed by atoms with van der Waals surface area (Å²) in [6, 6.07) is 16.3. The second-order valence-corrected chi connectivity index (χ2v) is 4.88. The second kappa shape index (κ2) is 4.69. The molecule has 1 aliphatic heterocycles. The van der Waals surface area contributed by atoms with Crippen LogP contribution in [0.3, 0.4) is 0 Å². The van der Waals surface area contributed by atoms with E-state index in [-0.39, 0.29) is 10.8 Å². The molecule has 1 unspecified atom stereocenters. The van der Waals surface area contributed by atoms with Gasteiger partial charge >= 0.3 is 0 Å². The lowest BCUT2D eigenvalue weighted by Crippen LogP contribution is -2.39. The first-order valence-electron chi connectivity index (χ1n) is 6.14. The third-order valence-electron chi connectivity index (χ3n) is 3.36. The monoisotopic (exact) mass is 285 g/mol. The highest BCUT2D eigenvalue weighted by Crippen LogP contribution is 2.45. The number of para-hydroxylation sites is 1. The zero-order valence-electron chi connectivity index (χ0n) is 10.5. The lowest BCUT2D eigenvalue weighted by atomic mass is 9.89. The summed E-state index contributed by atoms with van der Waals surface area (Å²) in [5, 5.41) is 18.4. The van der Waals surface area contributed by atoms with Crippen molar-refractivity contribution in [2.24, 2.45) is 0 Å². The van der Waals surface area contributed by atoms with Crippen LogP contribution < -0.4 is 4.74 Å². The lowest BCUT2D eigenvalue weighted by Gasteiger charge is -2.35. The summed E-state index contributed by atoms with van der Waals surface area (Å²) in [6.45, 7) is 0. The van der Waals surface area contributed by atoms with Crippen molar-refractivity contribution in [3.8, 4) is 5.75 Å². The van der Waals surface area contributed by atoms with Crippen LogP contribution in [0, 0.1) is 5.41 Å². The number of ether oxygens (including phenoxy) is 1. The van der Waals surface area contributed by atoms with Gasteiger partial charge in [-0.25, -0.2) is 0 Å². The number of aliphatic hydroxyl groups excluding tert-OH is 1. The summed E-state index contributed by atoms with van der Waals surface area (Å²) in [7, 11) is 0. The summed E-state index contributed by atoms with van der Waals surface area (Å²) in [5.74, 6) is 0.377. The van der Waals surface area contributed by atoms with Gasteiger partial charge in [0.15, 0.2) is 5.76 Å². The van der Waals surface area contributed by atoms with Crippen LogP contribution in [0.15, 0.2) is 60.4 Å². The van der Waals surface area contributed by atoms with Crippen LogP contribution in [0.25, 0.3) is 5.03 Å². The predicted octanol–water partition coefficient (Wildman–Crippen LogP) is 4.09. The lowest BCUT2D eigenvalue weighted by molar-refractivity contribution is 0.123. The van der Waals surface area contributed by atoms with Crippen LogP contribution in [0.2, 0.25) is 0 Å². The standard InChI is InChI=1S/C16H12ClNO2/c17-14-12-8-4-5-9-13(12)20-16(10-18,15(14)19)11-6-2-1-3-7-11/h1-10,18-19H. The van der Waals surface area contributed by atoms with Gasteiger partial charge in [-0.15, -0.1) is 0 Å². The molecule has 3 rings (SSSR count). The Hall–Kier alpha value is -2.26. The Morgan fingerprint density at radius 2 is 1.70 bits per heavy atom. The fourth-order valence-corrected chi connectivity index (χ4v) is 2.61. The van der Waals surface area contributed by atoms with E-state index in [4.69, 9.17) is 21.7 Å². The van der Waals surface area contributed by atoms with Crippen LogP contribution in [0.4, 0.5) is 0 Å². The first-order valence-corrected chi connectivity index (χ1v) is 6.51. The molecule has 20 heavy (non-hydrogen) atoms. The third-order valence-corrected chi connectivity index (χ3v) is 3.74. The Balaban J connectivity index is 2.26. The highest BCUT2D eigenvalue weighted by molar-refractivity contribution is 6.49. The molecule has 0 fully saturated rings. The Morgan fingerprint density at radius 1 is 1.05 bits per heavy atom. The van der Waals surface area contributed by atoms with Gasteiger partial charge in [0.25, 0.3) is 0 Å². The van der Waals surface area contributed by atoms with Crippen molar-refractivity contribution in [3.05, 3.63) is 71.5 Å². The molecule has 2 aromatic carbocycles. The minimum atomic E-state index is -1.37. The maximum Gasteiger partial charge on any atom is 0.226 e. The molecule has 0 saturated carbocycles. The number of aliphatic hydroxyl groups is 1. The van der Waals surface area contributed by atoms with E-state index in [2.05, 4.69) is 0 Å². The highest BCUT2D eigenvalue weighted by Gasteiger charge is 2.43. The second-order valence-electron chi connectivity index (χ2n) is 4.51. The van der Waals surface area contributed by atoms with Gasteiger partial charge in [0.05, 0.1) is 11.2 Å². The van der Waals surface area contributed by atoms with Gasteiger partial charge in [0.2, 0.25) is 5.60 Å². The SMILES string of the molecule is N=CC1(c2ccccc2)Oc2ccccc2C(Cl)=C1O. The summed E-state index contributed by atoms with van der Waals surface area (Å²) in [4.78, 5) is 0. The van der Waals surface area contributed by atoms with Crippen LogP contribution in [-0.4, -0.2) is 11.3 Å². The zero-order valence-corrected chi connectivity index (χ0v) is 11.3. The van der Waals surface area contributed by atoms with Gasteiger partial charge in [0, 0.05) is 11.1 Å². The highest BCUT2D eigenvalue weighted by atomic mass is 35.5. The minimum absolute atomic E-state index is 0.168. The van der Waals surface area contributed by atoms with Crippen LogP contribution in [0.5, 0.6) is 5.75 Å². The average molecular weight is 286 g/mol. The zero-order chi connectivity index (χ0) is 14.2. The maximum absolute atomic E-state index is 10.5. The molecule has 0 aromatic heterocycles. The van der Waals surface area contributed by atoms with E-state index in [0.717, 1.165) is 6.21 Å². The number of fused-ring (bicyclic) bond motifs is 1. The van der Waals surface area contributed by atoms with E-state index in [9.17, 15) is 5.11 Å². The van der Waals surface area contributed by atoms with Gasteiger partial charge in [0.1, 0.15) is 5.75 Å². The van der Waals surface area contributed by atoms with Crippen molar-refractivity contribution in [2.75, 3.05) is 0 Å². The van der Waals surface area contributed by atoms with Crippen LogP contribution >= 0.6 is 11.6 Å². The predicted molar refractivity (Wildman–Crippen MR) is 79.4 cm³/mol. The molecule has 0 bridgehead atoms. The first kappa shape index (κ1) is 12.8. The molecule has 0 aliphatic carbocycles. The molecule has 0 amide bonds. The van der Waals surface area contributed by atoms with Crippen LogP contribution in [0.1, 0.15) is 11.1 Å². The Morgan fingerprint density at radius 3 is 2.40 bits per heavy atom. The van der Waals surface area contributed by atoms with E-state index in [1.165, 1.54) is 0 Å². The quantitative estimate of drug-likeness (QED) is 0.817. The molecule has 4 heteroatoms. The van der Waals surface area contributed by atoms with Gasteiger partial charge in [-0.3, -0.25) is 0 Å². The fourth-order valence-electron chi connectivity index (χ4n) is 2.31. The summed E-state index contributed by atoms with van der Waals surface area (Å²) < 4.78 is 5.90. The average Bonchev–Trinajstić information content (AvgIpc) is 2.52. The minimum Gasteiger partial charge on any atom is -0.506 e. The summed E-state index contributed by atoms with van der Waals surface area (Å²) >= 11 is 6.26. The number of rotatable bonds is 2. The third kappa shape index (κ3) is 1.71. The molecular formula is C16H12ClNO2. The number of hydrogen-bond donors (Lipinski definition) is 2. The molecule has 0 spiro atoms. The molecule has 1 aliphatic rings. The Bertz CT molecular complexity index is 697. The molecule has 1 heterocycles. The van der Waals surface area contributed by atoms with Gasteiger partial charge in [-0.1, -0.05) is 54.1 Å². The largest absolute Gasteiger partial charge is 0.506 e. The van der Waals surface area contributed by atoms with Gasteiger partial charge < -0.3 is 15.3 Å². The van der Waals surface area contributed by atoms with Crippen molar-refractivity contribution < 1.29 is 9.84 Å². The Labute approximate surface area is 121 Å². The molecule has 2 aromatic rings. The van der Waals surface area contributed by atoms with E-state index in [1.807, 2.05) is 30.3 Å². The van der Waals surface area contributed by atoms with E-state index >= 15 is 0 Å². The van der Waals surface area contributed by atoms with Crippen molar-refractivity contribution in [2.45, 2.75) is 5.60 Å². The number of halogens is 1. The molecule has 2 N–H and O–H groups in total. The molecule has 1 atom stereocenters. The van der Waals surface area contributed by atoms with Gasteiger partial charge in [-0.05, 0) is 12.1 Å². The van der Waals surface area contributed by atoms with Crippen molar-refractivity contribution in [3.63, 3.8) is 0 Å². The number of nitrogens with one attached hydrogen (secondary N) is 1. The van der Waals surface area contributed by atoms with E-state index in [1.54, 1.807) is 24.3 Å². The topological polar surface area (TPSA) is 53.3 Å². The fraction of sp³-hybridized carbons (Fsp3) is 0.0625. The molecule has 100 valence electrons. The smallest absolute Gasteiger partial charge is 0.226 e. The van der Waals surface area contributed by atoms with E-state index in [0.29, 0.717) is 16.9 Å². The summed E-state index contributed by atoms with van der Waals surface area (Å²) in [6.07, 6.45) is 1.07. The van der Waals surface area contributed by atoms with Gasteiger partial charge in [-0.2, -0.15) is 0 Å². The number of benzene rings is 2. The van der Waals surface area contributed by atoms with Crippen molar-refractivity contribution in [1.82, 2.24) is 0 Å². The van der Waals surface area contributed by atoms with Crippen molar-refractivity contribution in [1.29, 1.82) is 5.41 Å². The number of hydrogen-bond acceptors (Lipinski definition) is 3.